The van der Waals surface area contributed by atoms with Crippen molar-refractivity contribution in [1.82, 2.24) is 0 Å². The summed E-state index contributed by atoms with van der Waals surface area (Å²) < 4.78 is 4.89. The Morgan fingerprint density at radius 2 is 2.00 bits per heavy atom. The van der Waals surface area contributed by atoms with E-state index in [1.54, 1.807) is 6.92 Å². The molecule has 0 aliphatic carbocycles. The predicted octanol–water partition coefficient (Wildman–Crippen LogP) is 2.50. The highest BCUT2D eigenvalue weighted by Gasteiger charge is 2.00. The fraction of sp³-hybridized carbons (Fsp3) is 0.600. The summed E-state index contributed by atoms with van der Waals surface area (Å²) in [6.07, 6.45) is 4.06. The molecule has 69 valence electrons. The number of ether oxygens (including phenoxy) is 1. The molecule has 0 amide bonds. The molecule has 0 aromatic heterocycles. The molecule has 0 saturated heterocycles. The van der Waals surface area contributed by atoms with E-state index in [1.165, 1.54) is 0 Å². The summed E-state index contributed by atoms with van der Waals surface area (Å²) in [6.45, 7) is 9.37. The maximum atomic E-state index is 10.8. The van der Waals surface area contributed by atoms with Gasteiger partial charge in [0.25, 0.3) is 0 Å². The predicted molar refractivity (Wildman–Crippen MR) is 49.6 cm³/mol. The maximum absolute atomic E-state index is 10.8. The third-order valence-electron chi connectivity index (χ3n) is 1.48. The Morgan fingerprint density at radius 1 is 1.33 bits per heavy atom. The molecule has 0 heterocycles. The van der Waals surface area contributed by atoms with Crippen molar-refractivity contribution in [1.29, 1.82) is 0 Å². The van der Waals surface area contributed by atoms with Crippen molar-refractivity contribution >= 4 is 5.97 Å². The van der Waals surface area contributed by atoms with E-state index in [0.29, 0.717) is 12.2 Å². The van der Waals surface area contributed by atoms with E-state index in [0.717, 1.165) is 25.7 Å². The largest absolute Gasteiger partial charge is 0.462 e. The van der Waals surface area contributed by atoms with Gasteiger partial charge in [0.15, 0.2) is 0 Å². The summed E-state index contributed by atoms with van der Waals surface area (Å²) in [6, 6.07) is 0. The van der Waals surface area contributed by atoms with Crippen molar-refractivity contribution in [2.75, 3.05) is 6.61 Å². The van der Waals surface area contributed by atoms with Crippen molar-refractivity contribution in [3.05, 3.63) is 19.1 Å². The van der Waals surface area contributed by atoms with Crippen molar-refractivity contribution in [3.63, 3.8) is 0 Å². The molecular weight excluding hydrogens is 152 g/mol. The molecular formula is C10H17O2. The summed E-state index contributed by atoms with van der Waals surface area (Å²) in [4.78, 5) is 10.8. The van der Waals surface area contributed by atoms with Gasteiger partial charge < -0.3 is 4.74 Å². The van der Waals surface area contributed by atoms with Gasteiger partial charge in [0.2, 0.25) is 0 Å². The topological polar surface area (TPSA) is 26.3 Å². The standard InChI is InChI=1S/C10H17O2/c1-4-5-6-7-8-12-10(11)9(2)3/h1-2,4-8H2,3H3. The van der Waals surface area contributed by atoms with Crippen LogP contribution in [0.15, 0.2) is 12.2 Å². The van der Waals surface area contributed by atoms with Gasteiger partial charge in [-0.3, -0.25) is 0 Å². The van der Waals surface area contributed by atoms with Crippen LogP contribution in [0.1, 0.15) is 32.6 Å². The fourth-order valence-electron chi connectivity index (χ4n) is 0.744. The first-order valence-electron chi connectivity index (χ1n) is 4.30. The van der Waals surface area contributed by atoms with Crippen molar-refractivity contribution in [2.45, 2.75) is 32.6 Å². The number of hydrogen-bond acceptors (Lipinski definition) is 2. The van der Waals surface area contributed by atoms with Crippen LogP contribution in [-0.2, 0) is 9.53 Å². The van der Waals surface area contributed by atoms with Crippen LogP contribution in [0.25, 0.3) is 0 Å². The summed E-state index contributed by atoms with van der Waals surface area (Å²) in [5, 5.41) is 0. The smallest absolute Gasteiger partial charge is 0.333 e. The highest BCUT2D eigenvalue weighted by molar-refractivity contribution is 5.86. The Kier molecular flexibility index (Phi) is 6.44. The molecule has 0 unspecified atom stereocenters. The average molecular weight is 169 g/mol. The minimum Gasteiger partial charge on any atom is -0.462 e. The Morgan fingerprint density at radius 3 is 2.50 bits per heavy atom. The van der Waals surface area contributed by atoms with Gasteiger partial charge in [-0.05, 0) is 13.3 Å². The van der Waals surface area contributed by atoms with E-state index in [2.05, 4.69) is 13.5 Å². The molecule has 0 rings (SSSR count). The quantitative estimate of drug-likeness (QED) is 0.347. The second-order valence-corrected chi connectivity index (χ2v) is 2.83. The molecule has 2 heteroatoms. The Labute approximate surface area is 74.6 Å². The SMILES string of the molecule is [CH2]CCCCCOC(=O)C(=C)C. The van der Waals surface area contributed by atoms with Gasteiger partial charge in [-0.1, -0.05) is 32.8 Å². The highest BCUT2D eigenvalue weighted by Crippen LogP contribution is 2.00. The number of rotatable bonds is 6. The summed E-state index contributed by atoms with van der Waals surface area (Å²) in [7, 11) is 0. The minimum absolute atomic E-state index is 0.287. The molecule has 0 aromatic carbocycles. The number of unbranched alkanes of at least 4 members (excludes halogenated alkanes) is 3. The normalized spacial score (nSPS) is 9.50. The first-order chi connectivity index (χ1) is 5.68. The van der Waals surface area contributed by atoms with Crippen LogP contribution >= 0.6 is 0 Å². The van der Waals surface area contributed by atoms with Crippen LogP contribution < -0.4 is 0 Å². The maximum Gasteiger partial charge on any atom is 0.333 e. The number of carbonyl (C=O) groups excluding carboxylic acids is 1. The van der Waals surface area contributed by atoms with Crippen molar-refractivity contribution in [3.8, 4) is 0 Å². The van der Waals surface area contributed by atoms with E-state index in [4.69, 9.17) is 4.74 Å². The van der Waals surface area contributed by atoms with Crippen molar-refractivity contribution < 1.29 is 9.53 Å². The van der Waals surface area contributed by atoms with Gasteiger partial charge in [0.1, 0.15) is 0 Å². The number of esters is 1. The van der Waals surface area contributed by atoms with E-state index < -0.39 is 0 Å². The van der Waals surface area contributed by atoms with Gasteiger partial charge in [0.05, 0.1) is 6.61 Å². The molecule has 0 aromatic rings. The van der Waals surface area contributed by atoms with E-state index in [-0.39, 0.29) is 5.97 Å². The number of carbonyl (C=O) groups is 1. The molecule has 0 bridgehead atoms. The first-order valence-corrected chi connectivity index (χ1v) is 4.30. The zero-order chi connectivity index (χ0) is 9.40. The minimum atomic E-state index is -0.287. The molecule has 0 aliphatic rings. The summed E-state index contributed by atoms with van der Waals surface area (Å²) >= 11 is 0. The van der Waals surface area contributed by atoms with Crippen LogP contribution in [0, 0.1) is 6.92 Å². The van der Waals surface area contributed by atoms with Crippen LogP contribution in [0.2, 0.25) is 0 Å². The molecule has 1 radical (unpaired) electrons. The molecule has 0 fully saturated rings. The molecule has 0 saturated carbocycles. The van der Waals surface area contributed by atoms with Gasteiger partial charge >= 0.3 is 5.97 Å². The first kappa shape index (κ1) is 11.2. The second kappa shape index (κ2) is 6.89. The van der Waals surface area contributed by atoms with Crippen LogP contribution in [-0.4, -0.2) is 12.6 Å². The molecule has 0 spiro atoms. The van der Waals surface area contributed by atoms with Gasteiger partial charge in [-0.2, -0.15) is 0 Å². The fourth-order valence-corrected chi connectivity index (χ4v) is 0.744. The third kappa shape index (κ3) is 5.96. The lowest BCUT2D eigenvalue weighted by molar-refractivity contribution is -0.139. The lowest BCUT2D eigenvalue weighted by Gasteiger charge is -2.02. The van der Waals surface area contributed by atoms with Gasteiger partial charge in [-0.25, -0.2) is 4.79 Å². The molecule has 12 heavy (non-hydrogen) atoms. The lowest BCUT2D eigenvalue weighted by atomic mass is 10.2. The highest BCUT2D eigenvalue weighted by atomic mass is 16.5. The van der Waals surface area contributed by atoms with Gasteiger partial charge in [-0.15, -0.1) is 0 Å². The number of hydrogen-bond donors (Lipinski definition) is 0. The monoisotopic (exact) mass is 169 g/mol. The van der Waals surface area contributed by atoms with E-state index in [9.17, 15) is 4.79 Å². The Hall–Kier alpha value is -0.790. The second-order valence-electron chi connectivity index (χ2n) is 2.83. The zero-order valence-electron chi connectivity index (χ0n) is 7.77. The van der Waals surface area contributed by atoms with Crippen molar-refractivity contribution in [2.24, 2.45) is 0 Å². The van der Waals surface area contributed by atoms with E-state index >= 15 is 0 Å². The Bertz CT molecular complexity index is 150. The summed E-state index contributed by atoms with van der Waals surface area (Å²) in [5.74, 6) is -0.287. The van der Waals surface area contributed by atoms with E-state index in [1.807, 2.05) is 0 Å². The van der Waals surface area contributed by atoms with Crippen LogP contribution in [0.3, 0.4) is 0 Å². The van der Waals surface area contributed by atoms with Crippen LogP contribution in [0.4, 0.5) is 0 Å². The third-order valence-corrected chi connectivity index (χ3v) is 1.48. The summed E-state index contributed by atoms with van der Waals surface area (Å²) in [5.41, 5.74) is 0.465. The van der Waals surface area contributed by atoms with Crippen LogP contribution in [0.5, 0.6) is 0 Å². The molecule has 0 aliphatic heterocycles. The van der Waals surface area contributed by atoms with Gasteiger partial charge in [0, 0.05) is 5.57 Å². The molecule has 0 N–H and O–H groups in total. The Balaban J connectivity index is 3.20. The lowest BCUT2D eigenvalue weighted by Crippen LogP contribution is -2.05. The molecule has 0 atom stereocenters. The zero-order valence-corrected chi connectivity index (χ0v) is 7.77. The average Bonchev–Trinajstić information content (AvgIpc) is 2.03. The molecule has 2 nitrogen and oxygen atoms in total.